The summed E-state index contributed by atoms with van der Waals surface area (Å²) in [5.41, 5.74) is 1.07. The Bertz CT molecular complexity index is 314. The lowest BCUT2D eigenvalue weighted by atomic mass is 9.72. The fourth-order valence-corrected chi connectivity index (χ4v) is 1.26. The van der Waals surface area contributed by atoms with Gasteiger partial charge in [-0.05, 0) is 26.1 Å². The summed E-state index contributed by atoms with van der Waals surface area (Å²) < 4.78 is 10.5. The van der Waals surface area contributed by atoms with Gasteiger partial charge < -0.3 is 14.2 Å². The number of ether oxygens (including phenoxy) is 1. The molecule has 0 spiro atoms. The van der Waals surface area contributed by atoms with E-state index in [1.165, 1.54) is 0 Å². The summed E-state index contributed by atoms with van der Waals surface area (Å²) in [6.07, 6.45) is 0. The second-order valence-corrected chi connectivity index (χ2v) is 3.42. The van der Waals surface area contributed by atoms with E-state index >= 15 is 0 Å². The van der Waals surface area contributed by atoms with Crippen molar-refractivity contribution in [1.82, 2.24) is 4.81 Å². The highest BCUT2D eigenvalue weighted by Gasteiger charge is 2.24. The third-order valence-corrected chi connectivity index (χ3v) is 2.02. The lowest BCUT2D eigenvalue weighted by Crippen LogP contribution is -2.46. The van der Waals surface area contributed by atoms with Crippen LogP contribution in [0.25, 0.3) is 0 Å². The fraction of sp³-hybridized carbons (Fsp3) is 0.273. The van der Waals surface area contributed by atoms with Crippen LogP contribution in [0, 0.1) is 0 Å². The van der Waals surface area contributed by atoms with Gasteiger partial charge in [0.05, 0.1) is 7.11 Å². The molecule has 3 nitrogen and oxygen atoms in total. The topological polar surface area (TPSA) is 21.7 Å². The van der Waals surface area contributed by atoms with Crippen molar-refractivity contribution in [2.45, 2.75) is 0 Å². The van der Waals surface area contributed by atoms with Gasteiger partial charge in [-0.3, -0.25) is 0 Å². The minimum absolute atomic E-state index is 0.168. The van der Waals surface area contributed by atoms with E-state index in [1.807, 2.05) is 49.2 Å². The molecule has 0 N–H and O–H groups in total. The summed E-state index contributed by atoms with van der Waals surface area (Å²) in [7, 11) is 5.26. The maximum Gasteiger partial charge on any atom is 0.487 e. The molecule has 0 saturated heterocycles. The van der Waals surface area contributed by atoms with Crippen LogP contribution in [-0.2, 0) is 9.39 Å². The van der Waals surface area contributed by atoms with Crippen molar-refractivity contribution in [2.24, 2.45) is 0 Å². The van der Waals surface area contributed by atoms with E-state index < -0.39 is 0 Å². The average molecular weight is 205 g/mol. The van der Waals surface area contributed by atoms with Gasteiger partial charge in [0, 0.05) is 0 Å². The minimum Gasteiger partial charge on any atom is -0.516 e. The van der Waals surface area contributed by atoms with Crippen molar-refractivity contribution in [3.63, 3.8) is 0 Å². The summed E-state index contributed by atoms with van der Waals surface area (Å²) in [6, 6.07) is 9.94. The predicted octanol–water partition coefficient (Wildman–Crippen LogP) is 1.08. The maximum atomic E-state index is 5.56. The highest BCUT2D eigenvalue weighted by Crippen LogP contribution is 2.01. The number of hydrogen-bond acceptors (Lipinski definition) is 3. The Kier molecular flexibility index (Phi) is 4.25. The van der Waals surface area contributed by atoms with Gasteiger partial charge in [0.2, 0.25) is 0 Å². The number of methoxy groups -OCH3 is 1. The lowest BCUT2D eigenvalue weighted by molar-refractivity contribution is 0.146. The van der Waals surface area contributed by atoms with E-state index in [-0.39, 0.29) is 7.05 Å². The molecule has 0 bridgehead atoms. The van der Waals surface area contributed by atoms with Gasteiger partial charge in [-0.25, -0.2) is 0 Å². The Hall–Kier alpha value is -1.42. The van der Waals surface area contributed by atoms with Crippen LogP contribution in [0.2, 0.25) is 0 Å². The zero-order chi connectivity index (χ0) is 11.3. The third kappa shape index (κ3) is 3.33. The Morgan fingerprint density at radius 3 is 2.33 bits per heavy atom. The molecule has 80 valence electrons. The molecule has 0 aliphatic carbocycles. The third-order valence-electron chi connectivity index (χ3n) is 2.02. The highest BCUT2D eigenvalue weighted by atomic mass is 16.6. The van der Waals surface area contributed by atoms with Crippen molar-refractivity contribution in [3.05, 3.63) is 42.9 Å². The van der Waals surface area contributed by atoms with E-state index in [0.717, 1.165) is 5.46 Å². The van der Waals surface area contributed by atoms with Crippen LogP contribution in [0.3, 0.4) is 0 Å². The first-order chi connectivity index (χ1) is 7.15. The Morgan fingerprint density at radius 2 is 1.87 bits per heavy atom. The van der Waals surface area contributed by atoms with Gasteiger partial charge in [-0.15, -0.1) is 0 Å². The number of nitrogens with zero attached hydrogens (tertiary/aromatic N) is 1. The minimum atomic E-state index is -0.168. The molecular formula is C11H16BNO2. The molecule has 0 radical (unpaired) electrons. The van der Waals surface area contributed by atoms with Gasteiger partial charge >= 0.3 is 7.05 Å². The quantitative estimate of drug-likeness (QED) is 0.530. The molecule has 0 unspecified atom stereocenters. The first-order valence-corrected chi connectivity index (χ1v) is 4.76. The zero-order valence-electron chi connectivity index (χ0n) is 9.43. The highest BCUT2D eigenvalue weighted by molar-refractivity contribution is 6.64. The fourth-order valence-electron chi connectivity index (χ4n) is 1.26. The summed E-state index contributed by atoms with van der Waals surface area (Å²) in [6.45, 7) is 3.65. The van der Waals surface area contributed by atoms with Crippen LogP contribution in [0.5, 0.6) is 0 Å². The summed E-state index contributed by atoms with van der Waals surface area (Å²) in [4.78, 5) is 1.96. The molecule has 0 saturated carbocycles. The molecule has 0 aliphatic rings. The van der Waals surface area contributed by atoms with Crippen molar-refractivity contribution in [3.8, 4) is 0 Å². The van der Waals surface area contributed by atoms with Crippen molar-refractivity contribution < 1.29 is 9.39 Å². The van der Waals surface area contributed by atoms with Crippen LogP contribution >= 0.6 is 0 Å². The Morgan fingerprint density at radius 1 is 1.27 bits per heavy atom. The van der Waals surface area contributed by atoms with Crippen molar-refractivity contribution in [1.29, 1.82) is 0 Å². The van der Waals surface area contributed by atoms with Crippen molar-refractivity contribution >= 4 is 12.5 Å². The number of hydrogen-bond donors (Lipinski definition) is 0. The molecule has 15 heavy (non-hydrogen) atoms. The van der Waals surface area contributed by atoms with Gasteiger partial charge in [0.1, 0.15) is 0 Å². The first kappa shape index (κ1) is 11.7. The number of rotatable bonds is 5. The molecule has 0 aliphatic heterocycles. The predicted molar refractivity (Wildman–Crippen MR) is 62.8 cm³/mol. The molecular weight excluding hydrogens is 189 g/mol. The van der Waals surface area contributed by atoms with E-state index in [0.29, 0.717) is 5.95 Å². The van der Waals surface area contributed by atoms with Crippen LogP contribution in [0.4, 0.5) is 0 Å². The largest absolute Gasteiger partial charge is 0.516 e. The lowest BCUT2D eigenvalue weighted by Gasteiger charge is -2.21. The van der Waals surface area contributed by atoms with Crippen molar-refractivity contribution in [2.75, 3.05) is 21.2 Å². The second kappa shape index (κ2) is 5.46. The maximum absolute atomic E-state index is 5.56. The van der Waals surface area contributed by atoms with Crippen LogP contribution in [0.1, 0.15) is 0 Å². The molecule has 4 heteroatoms. The zero-order valence-corrected chi connectivity index (χ0v) is 9.43. The Labute approximate surface area is 91.4 Å². The van der Waals surface area contributed by atoms with E-state index in [9.17, 15) is 0 Å². The van der Waals surface area contributed by atoms with Crippen LogP contribution in [-0.4, -0.2) is 33.1 Å². The monoisotopic (exact) mass is 205 g/mol. The van der Waals surface area contributed by atoms with E-state index in [1.54, 1.807) is 7.11 Å². The molecule has 0 fully saturated rings. The molecule has 1 aromatic rings. The van der Waals surface area contributed by atoms with Crippen LogP contribution in [0.15, 0.2) is 42.9 Å². The summed E-state index contributed by atoms with van der Waals surface area (Å²) in [5.74, 6) is 0.317. The first-order valence-electron chi connectivity index (χ1n) is 4.76. The molecule has 1 rings (SSSR count). The second-order valence-electron chi connectivity index (χ2n) is 3.42. The van der Waals surface area contributed by atoms with Gasteiger partial charge in [0.15, 0.2) is 0 Å². The van der Waals surface area contributed by atoms with Gasteiger partial charge in [0.25, 0.3) is 5.95 Å². The molecule has 0 atom stereocenters. The summed E-state index contributed by atoms with van der Waals surface area (Å²) >= 11 is 0. The number of benzene rings is 1. The van der Waals surface area contributed by atoms with Gasteiger partial charge in [-0.2, -0.15) is 0 Å². The van der Waals surface area contributed by atoms with Gasteiger partial charge in [-0.1, -0.05) is 30.3 Å². The molecule has 0 amide bonds. The Balaban J connectivity index is 2.79. The average Bonchev–Trinajstić information content (AvgIpc) is 2.26. The van der Waals surface area contributed by atoms with E-state index in [4.69, 9.17) is 9.39 Å². The summed E-state index contributed by atoms with van der Waals surface area (Å²) in [5, 5.41) is 0. The smallest absolute Gasteiger partial charge is 0.487 e. The van der Waals surface area contributed by atoms with Crippen LogP contribution < -0.4 is 5.46 Å². The normalized spacial score (nSPS) is 9.87. The molecule has 0 aromatic heterocycles. The van der Waals surface area contributed by atoms with E-state index in [2.05, 4.69) is 6.58 Å². The molecule has 0 heterocycles. The standard InChI is InChI=1S/C11H16BNO2/c1-10(14-4)15-12(13(2)3)11-8-6-5-7-9-11/h5-9H,1H2,2-4H3. The SMILES string of the molecule is C=C(OC)OB(c1ccccc1)N(C)C. The molecule has 1 aromatic carbocycles.